The van der Waals surface area contributed by atoms with Crippen LogP contribution in [-0.2, 0) is 4.52 Å². The molecule has 0 aliphatic heterocycles. The fourth-order valence-electron chi connectivity index (χ4n) is 2.20. The average Bonchev–Trinajstić information content (AvgIpc) is 2.28. The zero-order chi connectivity index (χ0) is 11.1. The Balaban J connectivity index is 2.09. The van der Waals surface area contributed by atoms with Gasteiger partial charge in [-0.1, -0.05) is 6.92 Å². The second-order valence-corrected chi connectivity index (χ2v) is 5.03. The van der Waals surface area contributed by atoms with Gasteiger partial charge in [-0.3, -0.25) is 5.50 Å². The first-order chi connectivity index (χ1) is 7.26. The number of hydrogen-bond donors (Lipinski definition) is 1. The summed E-state index contributed by atoms with van der Waals surface area (Å²) >= 11 is 0. The SMILES string of the molecule is CCN(C)CCC1CCC(OPN)CC1. The van der Waals surface area contributed by atoms with Crippen molar-refractivity contribution in [1.82, 2.24) is 4.90 Å². The summed E-state index contributed by atoms with van der Waals surface area (Å²) < 4.78 is 5.47. The Labute approximate surface area is 95.7 Å². The van der Waals surface area contributed by atoms with Crippen LogP contribution < -0.4 is 5.50 Å². The van der Waals surface area contributed by atoms with Crippen LogP contribution in [0.15, 0.2) is 0 Å². The molecular formula is C11H25N2OP. The van der Waals surface area contributed by atoms with E-state index in [0.717, 1.165) is 12.5 Å². The molecule has 1 rings (SSSR count). The Bertz CT molecular complexity index is 161. The summed E-state index contributed by atoms with van der Waals surface area (Å²) in [7, 11) is 2.37. The quantitative estimate of drug-likeness (QED) is 0.714. The normalized spacial score (nSPS) is 28.0. The standard InChI is InChI=1S/C11H25N2OP/c1-3-13(2)9-8-10-4-6-11(7-5-10)14-15-12/h10-11,15H,3-9,12H2,1-2H3. The van der Waals surface area contributed by atoms with Gasteiger partial charge in [-0.2, -0.15) is 0 Å². The molecule has 1 aliphatic rings. The van der Waals surface area contributed by atoms with E-state index in [1.165, 1.54) is 38.6 Å². The van der Waals surface area contributed by atoms with Gasteiger partial charge in [0.25, 0.3) is 0 Å². The van der Waals surface area contributed by atoms with E-state index in [1.54, 1.807) is 0 Å². The van der Waals surface area contributed by atoms with E-state index >= 15 is 0 Å². The second kappa shape index (κ2) is 7.56. The molecule has 3 nitrogen and oxygen atoms in total. The van der Waals surface area contributed by atoms with Crippen molar-refractivity contribution in [3.8, 4) is 0 Å². The van der Waals surface area contributed by atoms with E-state index in [4.69, 9.17) is 10.0 Å². The number of rotatable bonds is 6. The zero-order valence-corrected chi connectivity index (χ0v) is 11.0. The third-order valence-electron chi connectivity index (χ3n) is 3.49. The van der Waals surface area contributed by atoms with E-state index in [9.17, 15) is 0 Å². The first-order valence-electron chi connectivity index (χ1n) is 6.06. The molecule has 1 unspecified atom stereocenters. The first kappa shape index (κ1) is 13.4. The summed E-state index contributed by atoms with van der Waals surface area (Å²) in [6.45, 7) is 4.62. The van der Waals surface area contributed by atoms with Crippen LogP contribution >= 0.6 is 8.96 Å². The fourth-order valence-corrected chi connectivity index (χ4v) is 2.62. The molecule has 4 heteroatoms. The minimum absolute atomic E-state index is 0.169. The lowest BCUT2D eigenvalue weighted by Gasteiger charge is -2.29. The van der Waals surface area contributed by atoms with E-state index < -0.39 is 0 Å². The molecule has 0 heterocycles. The lowest BCUT2D eigenvalue weighted by Crippen LogP contribution is -2.25. The van der Waals surface area contributed by atoms with Crippen LogP contribution in [0, 0.1) is 5.92 Å². The van der Waals surface area contributed by atoms with Gasteiger partial charge in [0.2, 0.25) is 0 Å². The van der Waals surface area contributed by atoms with Crippen LogP contribution in [0.5, 0.6) is 0 Å². The topological polar surface area (TPSA) is 38.5 Å². The predicted octanol–water partition coefficient (Wildman–Crippen LogP) is 2.37. The van der Waals surface area contributed by atoms with Crippen molar-refractivity contribution < 1.29 is 4.52 Å². The van der Waals surface area contributed by atoms with Crippen molar-refractivity contribution in [1.29, 1.82) is 0 Å². The molecule has 1 fully saturated rings. The molecule has 0 aromatic rings. The van der Waals surface area contributed by atoms with E-state index in [1.807, 2.05) is 0 Å². The molecule has 1 saturated carbocycles. The average molecular weight is 232 g/mol. The first-order valence-corrected chi connectivity index (χ1v) is 7.04. The van der Waals surface area contributed by atoms with Gasteiger partial charge in [-0.15, -0.1) is 0 Å². The molecule has 90 valence electrons. The summed E-state index contributed by atoms with van der Waals surface area (Å²) in [5.41, 5.74) is 5.41. The Morgan fingerprint density at radius 1 is 1.33 bits per heavy atom. The molecule has 0 spiro atoms. The van der Waals surface area contributed by atoms with Crippen LogP contribution in [0.1, 0.15) is 39.0 Å². The van der Waals surface area contributed by atoms with Crippen molar-refractivity contribution in [2.75, 3.05) is 20.1 Å². The molecule has 1 atom stereocenters. The highest BCUT2D eigenvalue weighted by Gasteiger charge is 2.21. The number of hydrogen-bond acceptors (Lipinski definition) is 3. The largest absolute Gasteiger partial charge is 0.344 e. The highest BCUT2D eigenvalue weighted by atomic mass is 31.1. The van der Waals surface area contributed by atoms with Crippen LogP contribution in [0.4, 0.5) is 0 Å². The van der Waals surface area contributed by atoms with Crippen LogP contribution in [0.2, 0.25) is 0 Å². The summed E-state index contributed by atoms with van der Waals surface area (Å²) in [5.74, 6) is 0.917. The molecule has 2 N–H and O–H groups in total. The van der Waals surface area contributed by atoms with Crippen molar-refractivity contribution in [3.05, 3.63) is 0 Å². The molecule has 0 amide bonds. The van der Waals surface area contributed by atoms with Crippen LogP contribution in [0.3, 0.4) is 0 Å². The predicted molar refractivity (Wildman–Crippen MR) is 67.1 cm³/mol. The zero-order valence-electron chi connectivity index (χ0n) is 10.0. The minimum Gasteiger partial charge on any atom is -0.344 e. The van der Waals surface area contributed by atoms with Crippen LogP contribution in [-0.4, -0.2) is 31.1 Å². The molecular weight excluding hydrogens is 207 g/mol. The third-order valence-corrected chi connectivity index (χ3v) is 3.96. The van der Waals surface area contributed by atoms with Gasteiger partial charge in [-0.05, 0) is 58.2 Å². The van der Waals surface area contributed by atoms with Crippen molar-refractivity contribution in [2.24, 2.45) is 11.4 Å². The van der Waals surface area contributed by atoms with Gasteiger partial charge in [0.15, 0.2) is 0 Å². The Morgan fingerprint density at radius 3 is 2.53 bits per heavy atom. The molecule has 15 heavy (non-hydrogen) atoms. The van der Waals surface area contributed by atoms with Gasteiger partial charge in [0.05, 0.1) is 15.1 Å². The molecule has 0 bridgehead atoms. The summed E-state index contributed by atoms with van der Waals surface area (Å²) in [5, 5.41) is 0. The molecule has 0 aromatic carbocycles. The van der Waals surface area contributed by atoms with Gasteiger partial charge in [0.1, 0.15) is 0 Å². The van der Waals surface area contributed by atoms with Crippen molar-refractivity contribution in [3.63, 3.8) is 0 Å². The lowest BCUT2D eigenvalue weighted by atomic mass is 9.85. The van der Waals surface area contributed by atoms with E-state index in [0.29, 0.717) is 6.10 Å². The van der Waals surface area contributed by atoms with Crippen LogP contribution in [0.25, 0.3) is 0 Å². The van der Waals surface area contributed by atoms with E-state index in [2.05, 4.69) is 18.9 Å². The highest BCUT2D eigenvalue weighted by molar-refractivity contribution is 7.29. The molecule has 1 aliphatic carbocycles. The Kier molecular flexibility index (Phi) is 6.74. The summed E-state index contributed by atoms with van der Waals surface area (Å²) in [6, 6.07) is 0. The smallest absolute Gasteiger partial charge is 0.0837 e. The van der Waals surface area contributed by atoms with Crippen molar-refractivity contribution >= 4 is 8.96 Å². The lowest BCUT2D eigenvalue weighted by molar-refractivity contribution is 0.141. The van der Waals surface area contributed by atoms with Gasteiger partial charge >= 0.3 is 0 Å². The molecule has 0 aromatic heterocycles. The van der Waals surface area contributed by atoms with Gasteiger partial charge in [0, 0.05) is 0 Å². The van der Waals surface area contributed by atoms with Gasteiger partial charge in [-0.25, -0.2) is 0 Å². The fraction of sp³-hybridized carbons (Fsp3) is 1.00. The Morgan fingerprint density at radius 2 is 2.00 bits per heavy atom. The number of nitrogens with two attached hydrogens (primary N) is 1. The maximum absolute atomic E-state index is 5.47. The second-order valence-electron chi connectivity index (χ2n) is 4.56. The van der Waals surface area contributed by atoms with Gasteiger partial charge < -0.3 is 9.42 Å². The monoisotopic (exact) mass is 232 g/mol. The third kappa shape index (κ3) is 5.26. The maximum atomic E-state index is 5.47. The highest BCUT2D eigenvalue weighted by Crippen LogP contribution is 2.30. The molecule has 0 saturated heterocycles. The number of nitrogens with zero attached hydrogens (tertiary/aromatic N) is 1. The van der Waals surface area contributed by atoms with Crippen molar-refractivity contribution in [2.45, 2.75) is 45.1 Å². The van der Waals surface area contributed by atoms with E-state index in [-0.39, 0.29) is 8.96 Å². The summed E-state index contributed by atoms with van der Waals surface area (Å²) in [4.78, 5) is 2.39. The maximum Gasteiger partial charge on any atom is 0.0837 e. The summed E-state index contributed by atoms with van der Waals surface area (Å²) in [6.07, 6.45) is 6.88. The minimum atomic E-state index is 0.169. The molecule has 0 radical (unpaired) electrons. The Hall–Kier alpha value is 0.310.